The van der Waals surface area contributed by atoms with E-state index in [0.717, 1.165) is 11.3 Å². The summed E-state index contributed by atoms with van der Waals surface area (Å²) in [5.41, 5.74) is 1.16. The Hall–Kier alpha value is -3.52. The molecule has 2 aromatic heterocycles. The molecule has 8 heteroatoms. The molecule has 0 atom stereocenters. The molecule has 1 amide bonds. The van der Waals surface area contributed by atoms with Gasteiger partial charge in [-0.25, -0.2) is 9.37 Å². The van der Waals surface area contributed by atoms with Crippen LogP contribution in [-0.2, 0) is 6.42 Å². The molecule has 0 fully saturated rings. The van der Waals surface area contributed by atoms with Crippen molar-refractivity contribution in [3.05, 3.63) is 86.5 Å². The highest BCUT2D eigenvalue weighted by Gasteiger charge is 2.20. The Morgan fingerprint density at radius 2 is 1.93 bits per heavy atom. The lowest BCUT2D eigenvalue weighted by atomic mass is 10.1. The van der Waals surface area contributed by atoms with E-state index in [1.165, 1.54) is 13.2 Å². The number of anilines is 1. The van der Waals surface area contributed by atoms with Gasteiger partial charge in [-0.15, -0.1) is 11.3 Å². The van der Waals surface area contributed by atoms with Gasteiger partial charge in [0.05, 0.1) is 23.1 Å². The van der Waals surface area contributed by atoms with Crippen molar-refractivity contribution in [1.82, 2.24) is 9.97 Å². The molecule has 4 aromatic rings. The number of methoxy groups -OCH3 is 1. The van der Waals surface area contributed by atoms with Crippen molar-refractivity contribution in [3.63, 3.8) is 0 Å². The molecule has 6 nitrogen and oxygen atoms in total. The first-order valence-corrected chi connectivity index (χ1v) is 9.99. The van der Waals surface area contributed by atoms with Crippen LogP contribution in [0, 0.1) is 12.7 Å². The second-order valence-electron chi connectivity index (χ2n) is 6.67. The Balaban J connectivity index is 1.69. The van der Waals surface area contributed by atoms with Crippen LogP contribution in [0.1, 0.15) is 26.6 Å². The number of hydrogen-bond donors (Lipinski definition) is 2. The van der Waals surface area contributed by atoms with E-state index < -0.39 is 0 Å². The number of para-hydroxylation sites is 2. The van der Waals surface area contributed by atoms with Crippen LogP contribution < -0.4 is 15.6 Å². The molecule has 30 heavy (non-hydrogen) atoms. The number of rotatable bonds is 5. The molecule has 4 rings (SSSR count). The minimum Gasteiger partial charge on any atom is -0.495 e. The Labute approximate surface area is 175 Å². The van der Waals surface area contributed by atoms with Crippen LogP contribution in [-0.4, -0.2) is 23.0 Å². The van der Waals surface area contributed by atoms with Gasteiger partial charge in [0.15, 0.2) is 0 Å². The molecule has 0 aliphatic rings. The molecule has 0 bridgehead atoms. The van der Waals surface area contributed by atoms with Crippen LogP contribution in [0.2, 0.25) is 0 Å². The number of hydrogen-bond acceptors (Lipinski definition) is 5. The van der Waals surface area contributed by atoms with E-state index in [2.05, 4.69) is 15.3 Å². The number of carbonyl (C=O) groups is 1. The van der Waals surface area contributed by atoms with Gasteiger partial charge in [0, 0.05) is 6.42 Å². The summed E-state index contributed by atoms with van der Waals surface area (Å²) in [6.45, 7) is 1.71. The van der Waals surface area contributed by atoms with Crippen molar-refractivity contribution in [1.29, 1.82) is 0 Å². The van der Waals surface area contributed by atoms with E-state index in [0.29, 0.717) is 43.5 Å². The zero-order valence-electron chi connectivity index (χ0n) is 16.3. The summed E-state index contributed by atoms with van der Waals surface area (Å²) in [5, 5.41) is 3.18. The van der Waals surface area contributed by atoms with Crippen molar-refractivity contribution in [2.45, 2.75) is 13.3 Å². The van der Waals surface area contributed by atoms with Crippen molar-refractivity contribution in [2.24, 2.45) is 0 Å². The SMILES string of the molecule is COc1ccccc1NC(=O)c1sc2nc(Cc3ccccc3F)[nH]c(=O)c2c1C. The summed E-state index contributed by atoms with van der Waals surface area (Å²) in [6.07, 6.45) is 0.150. The minimum atomic E-state index is -0.362. The van der Waals surface area contributed by atoms with E-state index in [4.69, 9.17) is 4.74 Å². The van der Waals surface area contributed by atoms with Crippen LogP contribution in [0.25, 0.3) is 10.2 Å². The first-order chi connectivity index (χ1) is 14.5. The largest absolute Gasteiger partial charge is 0.495 e. The molecular formula is C22H18FN3O3S. The number of aromatic amines is 1. The molecule has 0 aliphatic carbocycles. The molecule has 2 heterocycles. The fourth-order valence-corrected chi connectivity index (χ4v) is 4.33. The van der Waals surface area contributed by atoms with E-state index in [1.54, 1.807) is 49.4 Å². The highest BCUT2D eigenvalue weighted by Crippen LogP contribution is 2.30. The molecule has 0 unspecified atom stereocenters. The number of fused-ring (bicyclic) bond motifs is 1. The van der Waals surface area contributed by atoms with E-state index in [1.807, 2.05) is 0 Å². The normalized spacial score (nSPS) is 10.9. The van der Waals surface area contributed by atoms with Gasteiger partial charge in [-0.2, -0.15) is 0 Å². The van der Waals surface area contributed by atoms with E-state index in [9.17, 15) is 14.0 Å². The van der Waals surface area contributed by atoms with Gasteiger partial charge in [0.2, 0.25) is 0 Å². The van der Waals surface area contributed by atoms with Gasteiger partial charge < -0.3 is 15.0 Å². The quantitative estimate of drug-likeness (QED) is 0.502. The van der Waals surface area contributed by atoms with Gasteiger partial charge >= 0.3 is 0 Å². The number of aryl methyl sites for hydroxylation is 1. The van der Waals surface area contributed by atoms with E-state index >= 15 is 0 Å². The highest BCUT2D eigenvalue weighted by atomic mass is 32.1. The fraction of sp³-hybridized carbons (Fsp3) is 0.136. The third-order valence-corrected chi connectivity index (χ3v) is 5.91. The zero-order chi connectivity index (χ0) is 21.3. The summed E-state index contributed by atoms with van der Waals surface area (Å²) in [7, 11) is 1.52. The van der Waals surface area contributed by atoms with Crippen molar-refractivity contribution in [3.8, 4) is 5.75 Å². The fourth-order valence-electron chi connectivity index (χ4n) is 3.24. The van der Waals surface area contributed by atoms with Crippen LogP contribution in [0.15, 0.2) is 53.3 Å². The molecule has 152 valence electrons. The second-order valence-corrected chi connectivity index (χ2v) is 7.67. The van der Waals surface area contributed by atoms with Gasteiger partial charge in [0.1, 0.15) is 22.2 Å². The standard InChI is InChI=1S/C22H18FN3O3S/c1-12-18-20(27)25-17(11-13-7-3-4-8-14(13)23)26-22(18)30-19(12)21(28)24-15-9-5-6-10-16(15)29-2/h3-10H,11H2,1-2H3,(H,24,28)(H,25,26,27). The maximum absolute atomic E-state index is 14.0. The molecule has 0 saturated carbocycles. The van der Waals surface area contributed by atoms with Crippen LogP contribution >= 0.6 is 11.3 Å². The maximum atomic E-state index is 14.0. The van der Waals surface area contributed by atoms with Gasteiger partial charge in [-0.3, -0.25) is 9.59 Å². The van der Waals surface area contributed by atoms with Crippen molar-refractivity contribution < 1.29 is 13.9 Å². The number of thiophene rings is 1. The molecule has 0 saturated heterocycles. The molecule has 2 N–H and O–H groups in total. The predicted molar refractivity (Wildman–Crippen MR) is 115 cm³/mol. The Morgan fingerprint density at radius 3 is 2.70 bits per heavy atom. The van der Waals surface area contributed by atoms with Crippen LogP contribution in [0.3, 0.4) is 0 Å². The predicted octanol–water partition coefficient (Wildman–Crippen LogP) is 4.28. The number of benzene rings is 2. The average Bonchev–Trinajstić information content (AvgIpc) is 3.07. The molecule has 2 aromatic carbocycles. The molecule has 0 radical (unpaired) electrons. The lowest BCUT2D eigenvalue weighted by Crippen LogP contribution is -2.14. The smallest absolute Gasteiger partial charge is 0.266 e. The first kappa shape index (κ1) is 19.8. The first-order valence-electron chi connectivity index (χ1n) is 9.18. The van der Waals surface area contributed by atoms with Crippen LogP contribution in [0.5, 0.6) is 5.75 Å². The lowest BCUT2D eigenvalue weighted by molar-refractivity contribution is 0.102. The summed E-state index contributed by atoms with van der Waals surface area (Å²) in [5.74, 6) is 0.165. The van der Waals surface area contributed by atoms with Crippen molar-refractivity contribution >= 4 is 33.1 Å². The molecule has 0 spiro atoms. The van der Waals surface area contributed by atoms with Crippen molar-refractivity contribution in [2.75, 3.05) is 12.4 Å². The third kappa shape index (κ3) is 3.69. The summed E-state index contributed by atoms with van der Waals surface area (Å²) < 4.78 is 19.2. The summed E-state index contributed by atoms with van der Waals surface area (Å²) in [4.78, 5) is 33.5. The lowest BCUT2D eigenvalue weighted by Gasteiger charge is -2.09. The van der Waals surface area contributed by atoms with Gasteiger partial charge in [0.25, 0.3) is 11.5 Å². The van der Waals surface area contributed by atoms with Gasteiger partial charge in [-0.1, -0.05) is 30.3 Å². The number of carbonyl (C=O) groups excluding carboxylic acids is 1. The van der Waals surface area contributed by atoms with E-state index in [-0.39, 0.29) is 23.7 Å². The van der Waals surface area contributed by atoms with Gasteiger partial charge in [-0.05, 0) is 36.2 Å². The topological polar surface area (TPSA) is 84.1 Å². The number of H-pyrrole nitrogens is 1. The molecular weight excluding hydrogens is 405 g/mol. The number of ether oxygens (including phenoxy) is 1. The zero-order valence-corrected chi connectivity index (χ0v) is 17.1. The monoisotopic (exact) mass is 423 g/mol. The maximum Gasteiger partial charge on any atom is 0.266 e. The third-order valence-electron chi connectivity index (χ3n) is 4.73. The average molecular weight is 423 g/mol. The Kier molecular flexibility index (Phi) is 5.33. The summed E-state index contributed by atoms with van der Waals surface area (Å²) in [6, 6.07) is 13.4. The molecule has 0 aliphatic heterocycles. The highest BCUT2D eigenvalue weighted by molar-refractivity contribution is 7.20. The summed E-state index contributed by atoms with van der Waals surface area (Å²) >= 11 is 1.13. The number of amides is 1. The number of aromatic nitrogens is 2. The second kappa shape index (κ2) is 8.08. The Morgan fingerprint density at radius 1 is 1.20 bits per heavy atom. The minimum absolute atomic E-state index is 0.150. The number of nitrogens with zero attached hydrogens (tertiary/aromatic N) is 1. The number of halogens is 1. The van der Waals surface area contributed by atoms with Crippen LogP contribution in [0.4, 0.5) is 10.1 Å². The number of nitrogens with one attached hydrogen (secondary N) is 2. The Bertz CT molecular complexity index is 1310.